The first-order chi connectivity index (χ1) is 9.13. The molecule has 0 aromatic heterocycles. The molecule has 7 heteroatoms. The van der Waals surface area contributed by atoms with Crippen molar-refractivity contribution in [3.05, 3.63) is 0 Å². The minimum atomic E-state index is -1.02. The van der Waals surface area contributed by atoms with Gasteiger partial charge < -0.3 is 20.1 Å². The number of nitrogens with zero attached hydrogens (tertiary/aromatic N) is 1. The molecule has 110 valence electrons. The number of methoxy groups -OCH3 is 1. The van der Waals surface area contributed by atoms with Crippen molar-refractivity contribution in [3.8, 4) is 0 Å². The lowest BCUT2D eigenvalue weighted by Gasteiger charge is -2.25. The summed E-state index contributed by atoms with van der Waals surface area (Å²) >= 11 is 1.87. The van der Waals surface area contributed by atoms with Crippen molar-refractivity contribution in [3.63, 3.8) is 0 Å². The van der Waals surface area contributed by atoms with E-state index < -0.39 is 5.97 Å². The van der Waals surface area contributed by atoms with Gasteiger partial charge >= 0.3 is 12.0 Å². The van der Waals surface area contributed by atoms with Crippen LogP contribution < -0.4 is 5.32 Å². The van der Waals surface area contributed by atoms with E-state index in [2.05, 4.69) is 5.32 Å². The minimum absolute atomic E-state index is 0.284. The molecule has 19 heavy (non-hydrogen) atoms. The molecule has 0 aromatic carbocycles. The summed E-state index contributed by atoms with van der Waals surface area (Å²) in [6.07, 6.45) is 3.56. The zero-order valence-corrected chi connectivity index (χ0v) is 12.1. The highest BCUT2D eigenvalue weighted by atomic mass is 32.2. The number of carbonyl (C=O) groups excluding carboxylic acids is 1. The summed E-state index contributed by atoms with van der Waals surface area (Å²) in [5.74, 6) is 0.126. The van der Waals surface area contributed by atoms with Gasteiger partial charge in [-0.3, -0.25) is 4.79 Å². The van der Waals surface area contributed by atoms with E-state index in [1.54, 1.807) is 0 Å². The lowest BCUT2D eigenvalue weighted by atomic mass is 10.2. The SMILES string of the molecule is COCCN(CC(=O)O)C(=O)NCC1CCCCS1. The van der Waals surface area contributed by atoms with Crippen LogP contribution >= 0.6 is 11.8 Å². The molecule has 2 amide bonds. The molecule has 0 aromatic rings. The Bertz CT molecular complexity index is 295. The fourth-order valence-corrected chi connectivity index (χ4v) is 3.14. The number of ether oxygens (including phenoxy) is 1. The fourth-order valence-electron chi connectivity index (χ4n) is 1.90. The zero-order valence-electron chi connectivity index (χ0n) is 11.3. The maximum absolute atomic E-state index is 11.9. The maximum Gasteiger partial charge on any atom is 0.323 e. The van der Waals surface area contributed by atoms with Gasteiger partial charge in [0, 0.05) is 25.4 Å². The van der Waals surface area contributed by atoms with E-state index in [1.807, 2.05) is 11.8 Å². The van der Waals surface area contributed by atoms with Crippen molar-refractivity contribution in [2.75, 3.05) is 39.1 Å². The standard InChI is InChI=1S/C12H22N2O4S/c1-18-6-5-14(9-11(15)16)12(17)13-8-10-4-2-3-7-19-10/h10H,2-9H2,1H3,(H,13,17)(H,15,16). The van der Waals surface area contributed by atoms with Crippen LogP contribution in [0.1, 0.15) is 19.3 Å². The fraction of sp³-hybridized carbons (Fsp3) is 0.833. The average molecular weight is 290 g/mol. The molecule has 2 N–H and O–H groups in total. The van der Waals surface area contributed by atoms with E-state index in [4.69, 9.17) is 9.84 Å². The monoisotopic (exact) mass is 290 g/mol. The lowest BCUT2D eigenvalue weighted by Crippen LogP contribution is -2.46. The van der Waals surface area contributed by atoms with Crippen LogP contribution in [0.4, 0.5) is 4.79 Å². The highest BCUT2D eigenvalue weighted by Crippen LogP contribution is 2.24. The molecule has 1 aliphatic rings. The quantitative estimate of drug-likeness (QED) is 0.732. The van der Waals surface area contributed by atoms with Gasteiger partial charge in [-0.05, 0) is 18.6 Å². The van der Waals surface area contributed by atoms with Gasteiger partial charge in [0.05, 0.1) is 6.61 Å². The van der Waals surface area contributed by atoms with Crippen LogP contribution in [0.2, 0.25) is 0 Å². The molecule has 0 spiro atoms. The predicted octanol–water partition coefficient (Wildman–Crippen LogP) is 1.01. The second kappa shape index (κ2) is 9.03. The molecular weight excluding hydrogens is 268 g/mol. The van der Waals surface area contributed by atoms with Crippen LogP contribution in [0.25, 0.3) is 0 Å². The molecule has 1 aliphatic heterocycles. The predicted molar refractivity (Wildman–Crippen MR) is 74.6 cm³/mol. The van der Waals surface area contributed by atoms with Crippen LogP contribution in [0, 0.1) is 0 Å². The largest absolute Gasteiger partial charge is 0.480 e. The zero-order chi connectivity index (χ0) is 14.1. The summed E-state index contributed by atoms with van der Waals surface area (Å²) < 4.78 is 4.88. The number of amides is 2. The first-order valence-corrected chi connectivity index (χ1v) is 7.53. The van der Waals surface area contributed by atoms with E-state index in [9.17, 15) is 9.59 Å². The number of carbonyl (C=O) groups is 2. The smallest absolute Gasteiger partial charge is 0.323 e. The van der Waals surface area contributed by atoms with Crippen molar-refractivity contribution < 1.29 is 19.4 Å². The van der Waals surface area contributed by atoms with E-state index in [0.717, 1.165) is 12.2 Å². The highest BCUT2D eigenvalue weighted by molar-refractivity contribution is 7.99. The maximum atomic E-state index is 11.9. The second-order valence-corrected chi connectivity index (χ2v) is 5.89. The van der Waals surface area contributed by atoms with Gasteiger partial charge in [-0.2, -0.15) is 11.8 Å². The molecule has 1 atom stereocenters. The number of nitrogens with one attached hydrogen (secondary N) is 1. The van der Waals surface area contributed by atoms with E-state index >= 15 is 0 Å². The van der Waals surface area contributed by atoms with Crippen LogP contribution in [-0.4, -0.2) is 66.4 Å². The van der Waals surface area contributed by atoms with Crippen molar-refractivity contribution in [2.45, 2.75) is 24.5 Å². The van der Waals surface area contributed by atoms with Crippen LogP contribution in [0.15, 0.2) is 0 Å². The van der Waals surface area contributed by atoms with Crippen LogP contribution in [0.3, 0.4) is 0 Å². The van der Waals surface area contributed by atoms with Crippen molar-refractivity contribution >= 4 is 23.8 Å². The topological polar surface area (TPSA) is 78.9 Å². The van der Waals surface area contributed by atoms with Gasteiger partial charge in [-0.15, -0.1) is 0 Å². The Labute approximate surface area is 117 Å². The number of hydrogen-bond acceptors (Lipinski definition) is 4. The van der Waals surface area contributed by atoms with Gasteiger partial charge in [0.15, 0.2) is 0 Å². The molecule has 1 rings (SSSR count). The summed E-state index contributed by atoms with van der Waals surface area (Å²) in [4.78, 5) is 23.9. The average Bonchev–Trinajstić information content (AvgIpc) is 2.41. The van der Waals surface area contributed by atoms with E-state index in [0.29, 0.717) is 18.4 Å². The summed E-state index contributed by atoms with van der Waals surface area (Å²) in [6, 6.07) is -0.328. The third kappa shape index (κ3) is 6.68. The normalized spacial score (nSPS) is 18.9. The summed E-state index contributed by atoms with van der Waals surface area (Å²) in [7, 11) is 1.52. The Balaban J connectivity index is 2.34. The Morgan fingerprint density at radius 3 is 2.84 bits per heavy atom. The van der Waals surface area contributed by atoms with Gasteiger partial charge in [-0.25, -0.2) is 4.79 Å². The molecule has 1 heterocycles. The first kappa shape index (κ1) is 16.1. The van der Waals surface area contributed by atoms with Crippen LogP contribution in [-0.2, 0) is 9.53 Å². The molecule has 1 saturated heterocycles. The Morgan fingerprint density at radius 1 is 1.47 bits per heavy atom. The Kier molecular flexibility index (Phi) is 7.66. The number of aliphatic carboxylic acids is 1. The van der Waals surface area contributed by atoms with Gasteiger partial charge in [-0.1, -0.05) is 6.42 Å². The summed E-state index contributed by atoms with van der Waals surface area (Å²) in [5, 5.41) is 12.0. The third-order valence-corrected chi connectivity index (χ3v) is 4.33. The lowest BCUT2D eigenvalue weighted by molar-refractivity contribution is -0.137. The minimum Gasteiger partial charge on any atom is -0.480 e. The van der Waals surface area contributed by atoms with E-state index in [1.165, 1.54) is 24.9 Å². The number of rotatable bonds is 7. The van der Waals surface area contributed by atoms with Crippen LogP contribution in [0.5, 0.6) is 0 Å². The third-order valence-electron chi connectivity index (χ3n) is 2.93. The Hall–Kier alpha value is -0.950. The molecule has 0 bridgehead atoms. The van der Waals surface area contributed by atoms with Crippen molar-refractivity contribution in [1.29, 1.82) is 0 Å². The van der Waals surface area contributed by atoms with Gasteiger partial charge in [0.2, 0.25) is 0 Å². The molecule has 0 aliphatic carbocycles. The highest BCUT2D eigenvalue weighted by Gasteiger charge is 2.19. The van der Waals surface area contributed by atoms with E-state index in [-0.39, 0.29) is 19.1 Å². The molecule has 6 nitrogen and oxygen atoms in total. The summed E-state index contributed by atoms with van der Waals surface area (Å²) in [5.41, 5.74) is 0. The number of carboxylic acid groups (broad SMARTS) is 1. The molecule has 0 saturated carbocycles. The number of urea groups is 1. The van der Waals surface area contributed by atoms with Gasteiger partial charge in [0.25, 0.3) is 0 Å². The summed E-state index contributed by atoms with van der Waals surface area (Å²) in [6.45, 7) is 0.922. The molecule has 1 unspecified atom stereocenters. The number of thioether (sulfide) groups is 1. The first-order valence-electron chi connectivity index (χ1n) is 6.48. The molecule has 0 radical (unpaired) electrons. The number of carboxylic acids is 1. The second-order valence-electron chi connectivity index (χ2n) is 4.48. The number of hydrogen-bond donors (Lipinski definition) is 2. The van der Waals surface area contributed by atoms with Gasteiger partial charge in [0.1, 0.15) is 6.54 Å². The Morgan fingerprint density at radius 2 is 2.26 bits per heavy atom. The van der Waals surface area contributed by atoms with Crippen molar-refractivity contribution in [1.82, 2.24) is 10.2 Å². The molecule has 1 fully saturated rings. The van der Waals surface area contributed by atoms with Crippen molar-refractivity contribution in [2.24, 2.45) is 0 Å². The molecular formula is C12H22N2O4S.